The molecule has 0 spiro atoms. The largest absolute Gasteiger partial charge is 0.478 e. The van der Waals surface area contributed by atoms with Crippen LogP contribution in [0.25, 0.3) is 0 Å². The zero-order valence-corrected chi connectivity index (χ0v) is 9.50. The number of carboxylic acid groups (broad SMARTS) is 1. The van der Waals surface area contributed by atoms with Gasteiger partial charge in [-0.15, -0.1) is 12.4 Å². The van der Waals surface area contributed by atoms with Gasteiger partial charge >= 0.3 is 5.97 Å². The Bertz CT molecular complexity index is 364. The molecule has 0 bridgehead atoms. The van der Waals surface area contributed by atoms with Crippen molar-refractivity contribution in [2.75, 3.05) is 19.7 Å². The van der Waals surface area contributed by atoms with E-state index in [1.807, 2.05) is 6.07 Å². The second-order valence-electron chi connectivity index (χ2n) is 3.46. The van der Waals surface area contributed by atoms with E-state index in [0.717, 1.165) is 12.1 Å². The van der Waals surface area contributed by atoms with Crippen molar-refractivity contribution in [2.24, 2.45) is 0 Å². The molecule has 1 atom stereocenters. The maximum Gasteiger partial charge on any atom is 0.336 e. The average Bonchev–Trinajstić information content (AvgIpc) is 2.30. The molecule has 2 rings (SSSR count). The van der Waals surface area contributed by atoms with Crippen molar-refractivity contribution in [3.8, 4) is 0 Å². The number of carboxylic acids is 1. The number of nitrogens with one attached hydrogen (secondary N) is 1. The van der Waals surface area contributed by atoms with Crippen LogP contribution < -0.4 is 5.32 Å². The number of benzene rings is 1. The molecule has 1 heterocycles. The Labute approximate surface area is 100 Å². The van der Waals surface area contributed by atoms with Crippen molar-refractivity contribution in [2.45, 2.75) is 6.10 Å². The summed E-state index contributed by atoms with van der Waals surface area (Å²) in [4.78, 5) is 11.0. The van der Waals surface area contributed by atoms with Gasteiger partial charge in [-0.1, -0.05) is 18.2 Å². The number of rotatable bonds is 2. The molecule has 0 unspecified atom stereocenters. The molecule has 1 aromatic rings. The van der Waals surface area contributed by atoms with E-state index in [9.17, 15) is 4.79 Å². The molecule has 5 heteroatoms. The molecule has 1 saturated heterocycles. The Morgan fingerprint density at radius 3 is 2.81 bits per heavy atom. The van der Waals surface area contributed by atoms with Gasteiger partial charge < -0.3 is 15.2 Å². The Morgan fingerprint density at radius 1 is 1.44 bits per heavy atom. The lowest BCUT2D eigenvalue weighted by molar-refractivity contribution is 0.0263. The summed E-state index contributed by atoms with van der Waals surface area (Å²) in [6.07, 6.45) is -0.147. The molecule has 0 saturated carbocycles. The summed E-state index contributed by atoms with van der Waals surface area (Å²) in [5, 5.41) is 12.2. The van der Waals surface area contributed by atoms with Crippen LogP contribution in [0.5, 0.6) is 0 Å². The van der Waals surface area contributed by atoms with E-state index in [0.29, 0.717) is 18.7 Å². The van der Waals surface area contributed by atoms with Crippen LogP contribution in [0.1, 0.15) is 22.0 Å². The molecule has 16 heavy (non-hydrogen) atoms. The third-order valence-electron chi connectivity index (χ3n) is 2.47. The maximum absolute atomic E-state index is 11.0. The fourth-order valence-electron chi connectivity index (χ4n) is 1.74. The van der Waals surface area contributed by atoms with Crippen LogP contribution in [-0.4, -0.2) is 30.8 Å². The number of ether oxygens (including phenoxy) is 1. The van der Waals surface area contributed by atoms with Gasteiger partial charge in [-0.2, -0.15) is 0 Å². The van der Waals surface area contributed by atoms with Gasteiger partial charge in [0, 0.05) is 13.1 Å². The fourth-order valence-corrected chi connectivity index (χ4v) is 1.74. The predicted molar refractivity (Wildman–Crippen MR) is 62.2 cm³/mol. The number of morpholine rings is 1. The first-order chi connectivity index (χ1) is 7.29. The van der Waals surface area contributed by atoms with Crippen molar-refractivity contribution in [1.82, 2.24) is 5.32 Å². The summed E-state index contributed by atoms with van der Waals surface area (Å²) in [7, 11) is 0. The third-order valence-corrected chi connectivity index (χ3v) is 2.47. The van der Waals surface area contributed by atoms with Crippen molar-refractivity contribution >= 4 is 18.4 Å². The van der Waals surface area contributed by atoms with E-state index in [1.165, 1.54) is 0 Å². The highest BCUT2D eigenvalue weighted by Gasteiger charge is 2.20. The van der Waals surface area contributed by atoms with Gasteiger partial charge in [0.25, 0.3) is 0 Å². The first-order valence-electron chi connectivity index (χ1n) is 4.93. The van der Waals surface area contributed by atoms with Crippen LogP contribution in [0.15, 0.2) is 24.3 Å². The summed E-state index contributed by atoms with van der Waals surface area (Å²) in [6.45, 7) is 2.12. The summed E-state index contributed by atoms with van der Waals surface area (Å²) in [5.74, 6) is -0.903. The number of aromatic carboxylic acids is 1. The highest BCUT2D eigenvalue weighted by atomic mass is 35.5. The summed E-state index contributed by atoms with van der Waals surface area (Å²) < 4.78 is 5.53. The van der Waals surface area contributed by atoms with E-state index in [2.05, 4.69) is 5.32 Å². The lowest BCUT2D eigenvalue weighted by Gasteiger charge is -2.24. The molecule has 1 aliphatic heterocycles. The van der Waals surface area contributed by atoms with Crippen LogP contribution >= 0.6 is 12.4 Å². The standard InChI is InChI=1S/C11H13NO3.ClH/c13-11(14)9-4-2-1-3-8(9)10-7-12-5-6-15-10;/h1-4,10,12H,5-7H2,(H,13,14);1H/t10-;/m1./s1. The minimum Gasteiger partial charge on any atom is -0.478 e. The van der Waals surface area contributed by atoms with Crippen LogP contribution in [0.3, 0.4) is 0 Å². The summed E-state index contributed by atoms with van der Waals surface area (Å²) in [5.41, 5.74) is 1.07. The van der Waals surface area contributed by atoms with Gasteiger partial charge in [0.05, 0.1) is 18.3 Å². The maximum atomic E-state index is 11.0. The SMILES string of the molecule is Cl.O=C(O)c1ccccc1[C@H]1CNCCO1. The minimum atomic E-state index is -0.903. The molecule has 0 aromatic heterocycles. The second-order valence-corrected chi connectivity index (χ2v) is 3.46. The third kappa shape index (κ3) is 2.72. The molecule has 2 N–H and O–H groups in total. The Balaban J connectivity index is 0.00000128. The lowest BCUT2D eigenvalue weighted by atomic mass is 10.0. The van der Waals surface area contributed by atoms with Gasteiger partial charge in [-0.25, -0.2) is 4.79 Å². The summed E-state index contributed by atoms with van der Waals surface area (Å²) >= 11 is 0. The number of halogens is 1. The first-order valence-corrected chi connectivity index (χ1v) is 4.93. The molecule has 0 aliphatic carbocycles. The Morgan fingerprint density at radius 2 is 2.19 bits per heavy atom. The zero-order valence-electron chi connectivity index (χ0n) is 8.68. The van der Waals surface area contributed by atoms with Crippen molar-refractivity contribution < 1.29 is 14.6 Å². The van der Waals surface area contributed by atoms with Crippen molar-refractivity contribution in [3.63, 3.8) is 0 Å². The minimum absolute atomic E-state index is 0. The van der Waals surface area contributed by atoms with Crippen molar-refractivity contribution in [1.29, 1.82) is 0 Å². The molecule has 0 amide bonds. The first kappa shape index (κ1) is 13.0. The van der Waals surface area contributed by atoms with E-state index >= 15 is 0 Å². The van der Waals surface area contributed by atoms with Crippen molar-refractivity contribution in [3.05, 3.63) is 35.4 Å². The van der Waals surface area contributed by atoms with Crippen LogP contribution in [-0.2, 0) is 4.74 Å². The predicted octanol–water partition coefficient (Wildman–Crippen LogP) is 1.47. The second kappa shape index (κ2) is 5.84. The van der Waals surface area contributed by atoms with Crippen LogP contribution in [0.4, 0.5) is 0 Å². The number of hydrogen-bond acceptors (Lipinski definition) is 3. The Hall–Kier alpha value is -1.10. The van der Waals surface area contributed by atoms with Crippen LogP contribution in [0.2, 0.25) is 0 Å². The normalized spacial score (nSPS) is 19.9. The molecular formula is C11H14ClNO3. The van der Waals surface area contributed by atoms with E-state index in [1.54, 1.807) is 18.2 Å². The van der Waals surface area contributed by atoms with E-state index < -0.39 is 5.97 Å². The number of hydrogen-bond donors (Lipinski definition) is 2. The average molecular weight is 244 g/mol. The molecule has 4 nitrogen and oxygen atoms in total. The van der Waals surface area contributed by atoms with Gasteiger partial charge in [0.15, 0.2) is 0 Å². The molecule has 1 fully saturated rings. The van der Waals surface area contributed by atoms with E-state index in [-0.39, 0.29) is 18.5 Å². The molecule has 1 aromatic carbocycles. The highest BCUT2D eigenvalue weighted by molar-refractivity contribution is 5.89. The smallest absolute Gasteiger partial charge is 0.336 e. The highest BCUT2D eigenvalue weighted by Crippen LogP contribution is 2.22. The quantitative estimate of drug-likeness (QED) is 0.826. The van der Waals surface area contributed by atoms with E-state index in [4.69, 9.17) is 9.84 Å². The monoisotopic (exact) mass is 243 g/mol. The topological polar surface area (TPSA) is 58.6 Å². The zero-order chi connectivity index (χ0) is 10.7. The van der Waals surface area contributed by atoms with Gasteiger partial charge in [-0.3, -0.25) is 0 Å². The molecule has 88 valence electrons. The molecule has 0 radical (unpaired) electrons. The van der Waals surface area contributed by atoms with Gasteiger partial charge in [0.2, 0.25) is 0 Å². The number of carbonyl (C=O) groups is 1. The van der Waals surface area contributed by atoms with Crippen LogP contribution in [0, 0.1) is 0 Å². The fraction of sp³-hybridized carbons (Fsp3) is 0.364. The van der Waals surface area contributed by atoms with Gasteiger partial charge in [0.1, 0.15) is 0 Å². The van der Waals surface area contributed by atoms with Gasteiger partial charge in [-0.05, 0) is 11.6 Å². The Kier molecular flexibility index (Phi) is 4.73. The molecule has 1 aliphatic rings. The molecular weight excluding hydrogens is 230 g/mol. The summed E-state index contributed by atoms with van der Waals surface area (Å²) in [6, 6.07) is 6.97. The lowest BCUT2D eigenvalue weighted by Crippen LogP contribution is -2.34.